The maximum absolute atomic E-state index is 12.5. The summed E-state index contributed by atoms with van der Waals surface area (Å²) < 4.78 is 0. The first-order chi connectivity index (χ1) is 10.1. The Morgan fingerprint density at radius 1 is 1.43 bits per heavy atom. The second-order valence-electron chi connectivity index (χ2n) is 5.97. The largest absolute Gasteiger partial charge is 0.315 e. The summed E-state index contributed by atoms with van der Waals surface area (Å²) >= 11 is 3.15. The van der Waals surface area contributed by atoms with Crippen LogP contribution in [0.2, 0.25) is 0 Å². The number of nitrogens with one attached hydrogen (secondary N) is 1. The van der Waals surface area contributed by atoms with Gasteiger partial charge in [-0.2, -0.15) is 0 Å². The topological polar surface area (TPSA) is 75.2 Å². The van der Waals surface area contributed by atoms with Crippen molar-refractivity contribution in [2.75, 3.05) is 11.1 Å². The Morgan fingerprint density at radius 3 is 3.00 bits per heavy atom. The summed E-state index contributed by atoms with van der Waals surface area (Å²) in [5.41, 5.74) is 0. The highest BCUT2D eigenvalue weighted by molar-refractivity contribution is 8.01. The van der Waals surface area contributed by atoms with Crippen molar-refractivity contribution in [3.8, 4) is 0 Å². The third-order valence-electron chi connectivity index (χ3n) is 4.34. The molecule has 0 radical (unpaired) electrons. The third kappa shape index (κ3) is 2.24. The van der Waals surface area contributed by atoms with E-state index in [1.807, 2.05) is 6.92 Å². The number of amides is 2. The minimum atomic E-state index is -0.386. The van der Waals surface area contributed by atoms with Crippen molar-refractivity contribution in [3.05, 3.63) is 5.01 Å². The Hall–Kier alpha value is -1.15. The Bertz CT molecular complexity index is 615. The Morgan fingerprint density at radius 2 is 2.24 bits per heavy atom. The molecule has 1 aromatic heterocycles. The van der Waals surface area contributed by atoms with Gasteiger partial charge in [0.2, 0.25) is 16.9 Å². The summed E-state index contributed by atoms with van der Waals surface area (Å²) in [6, 6.07) is -0.386. The fraction of sp³-hybridized carbons (Fsp3) is 0.692. The van der Waals surface area contributed by atoms with Crippen LogP contribution in [-0.2, 0) is 9.59 Å². The van der Waals surface area contributed by atoms with Gasteiger partial charge in [0.15, 0.2) is 0 Å². The van der Waals surface area contributed by atoms with Crippen LogP contribution in [0.15, 0.2) is 0 Å². The van der Waals surface area contributed by atoms with Gasteiger partial charge in [0.05, 0.1) is 4.87 Å². The van der Waals surface area contributed by atoms with Crippen molar-refractivity contribution in [2.24, 2.45) is 0 Å². The van der Waals surface area contributed by atoms with Crippen LogP contribution in [0.4, 0.5) is 5.13 Å². The lowest BCUT2D eigenvalue weighted by Crippen LogP contribution is -2.48. The number of thioether (sulfide) groups is 1. The lowest BCUT2D eigenvalue weighted by molar-refractivity contribution is -0.135. The van der Waals surface area contributed by atoms with Crippen molar-refractivity contribution in [1.82, 2.24) is 15.1 Å². The second-order valence-corrected chi connectivity index (χ2v) is 8.49. The second kappa shape index (κ2) is 4.67. The normalized spacial score (nSPS) is 31.6. The maximum atomic E-state index is 12.5. The van der Waals surface area contributed by atoms with Crippen LogP contribution >= 0.6 is 23.1 Å². The molecule has 1 saturated carbocycles. The summed E-state index contributed by atoms with van der Waals surface area (Å²) in [6.07, 6.45) is 3.70. The average Bonchev–Trinajstić information content (AvgIpc) is 2.99. The van der Waals surface area contributed by atoms with Gasteiger partial charge in [-0.1, -0.05) is 11.3 Å². The third-order valence-corrected chi connectivity index (χ3v) is 6.85. The zero-order valence-electron chi connectivity index (χ0n) is 11.7. The molecule has 112 valence electrons. The number of carbonyl (C=O) groups is 2. The molecule has 2 amide bonds. The van der Waals surface area contributed by atoms with Gasteiger partial charge in [0.1, 0.15) is 11.0 Å². The minimum absolute atomic E-state index is 0.0820. The molecule has 0 spiro atoms. The van der Waals surface area contributed by atoms with E-state index >= 15 is 0 Å². The van der Waals surface area contributed by atoms with E-state index in [0.717, 1.165) is 11.4 Å². The van der Waals surface area contributed by atoms with Crippen molar-refractivity contribution < 1.29 is 9.59 Å². The van der Waals surface area contributed by atoms with E-state index in [9.17, 15) is 9.59 Å². The van der Waals surface area contributed by atoms with Crippen LogP contribution in [0.1, 0.15) is 43.5 Å². The summed E-state index contributed by atoms with van der Waals surface area (Å²) in [7, 11) is 0. The number of rotatable bonds is 3. The highest BCUT2D eigenvalue weighted by atomic mass is 32.2. The first-order valence-corrected chi connectivity index (χ1v) is 8.97. The fourth-order valence-electron chi connectivity index (χ4n) is 2.98. The van der Waals surface area contributed by atoms with Crippen molar-refractivity contribution in [1.29, 1.82) is 0 Å². The van der Waals surface area contributed by atoms with Gasteiger partial charge < -0.3 is 4.90 Å². The Kier molecular flexibility index (Phi) is 3.01. The summed E-state index contributed by atoms with van der Waals surface area (Å²) in [5.74, 6) is 1.14. The van der Waals surface area contributed by atoms with E-state index < -0.39 is 0 Å². The molecule has 3 fully saturated rings. The predicted octanol–water partition coefficient (Wildman–Crippen LogP) is 1.81. The minimum Gasteiger partial charge on any atom is -0.315 e. The molecule has 21 heavy (non-hydrogen) atoms. The molecule has 1 N–H and O–H groups in total. The van der Waals surface area contributed by atoms with Gasteiger partial charge in [0, 0.05) is 18.1 Å². The number of aromatic nitrogens is 2. The monoisotopic (exact) mass is 324 g/mol. The number of anilines is 1. The lowest BCUT2D eigenvalue weighted by Gasteiger charge is -2.29. The molecule has 2 aliphatic heterocycles. The number of hydrogen-bond acceptors (Lipinski definition) is 6. The van der Waals surface area contributed by atoms with Crippen molar-refractivity contribution in [3.63, 3.8) is 0 Å². The SMILES string of the molecule is C[C@@]12CCC(=O)N1[C@@H](C(=O)Nc1nnc(C3CC3)s1)CS2. The van der Waals surface area contributed by atoms with Gasteiger partial charge in [-0.3, -0.25) is 14.9 Å². The average molecular weight is 324 g/mol. The highest BCUT2D eigenvalue weighted by Crippen LogP contribution is 2.47. The molecule has 3 heterocycles. The predicted molar refractivity (Wildman–Crippen MR) is 81.2 cm³/mol. The first kappa shape index (κ1) is 13.5. The van der Waals surface area contributed by atoms with Gasteiger partial charge >= 0.3 is 0 Å². The van der Waals surface area contributed by atoms with Gasteiger partial charge in [0.25, 0.3) is 0 Å². The van der Waals surface area contributed by atoms with E-state index in [-0.39, 0.29) is 22.7 Å². The van der Waals surface area contributed by atoms with Crippen LogP contribution in [0.3, 0.4) is 0 Å². The van der Waals surface area contributed by atoms with Crippen LogP contribution in [0.5, 0.6) is 0 Å². The van der Waals surface area contributed by atoms with E-state index in [1.165, 1.54) is 24.2 Å². The first-order valence-electron chi connectivity index (χ1n) is 7.17. The standard InChI is InChI=1S/C13H16N4O2S2/c1-13-5-4-9(18)17(13)8(6-20-13)10(19)14-12-16-15-11(21-12)7-2-3-7/h7-8H,2-6H2,1H3,(H,14,16,19)/t8-,13-/m1/s1. The smallest absolute Gasteiger partial charge is 0.249 e. The van der Waals surface area contributed by atoms with Crippen LogP contribution in [0, 0.1) is 0 Å². The molecule has 2 atom stereocenters. The fourth-order valence-corrected chi connectivity index (χ4v) is 5.33. The molecule has 1 aliphatic carbocycles. The van der Waals surface area contributed by atoms with E-state index in [4.69, 9.17) is 0 Å². The Labute approximate surface area is 130 Å². The molecule has 3 aliphatic rings. The number of nitrogens with zero attached hydrogens (tertiary/aromatic N) is 3. The van der Waals surface area contributed by atoms with E-state index in [1.54, 1.807) is 16.7 Å². The van der Waals surface area contributed by atoms with E-state index in [2.05, 4.69) is 15.5 Å². The maximum Gasteiger partial charge on any atom is 0.249 e. The molecule has 2 saturated heterocycles. The highest BCUT2D eigenvalue weighted by Gasteiger charge is 2.53. The molecular weight excluding hydrogens is 308 g/mol. The number of fused-ring (bicyclic) bond motifs is 1. The van der Waals surface area contributed by atoms with Crippen molar-refractivity contribution in [2.45, 2.75) is 49.4 Å². The Balaban J connectivity index is 1.48. The zero-order valence-corrected chi connectivity index (χ0v) is 13.3. The van der Waals surface area contributed by atoms with Crippen LogP contribution < -0.4 is 5.32 Å². The number of hydrogen-bond donors (Lipinski definition) is 1. The van der Waals surface area contributed by atoms with Gasteiger partial charge in [-0.15, -0.1) is 22.0 Å². The molecule has 6 nitrogen and oxygen atoms in total. The zero-order chi connectivity index (χ0) is 14.6. The molecule has 0 unspecified atom stereocenters. The summed E-state index contributed by atoms with van der Waals surface area (Å²) in [6.45, 7) is 2.05. The van der Waals surface area contributed by atoms with Gasteiger partial charge in [-0.05, 0) is 26.2 Å². The molecule has 1 aromatic rings. The summed E-state index contributed by atoms with van der Waals surface area (Å²) in [5, 5.41) is 12.5. The molecule has 0 aromatic carbocycles. The van der Waals surface area contributed by atoms with Gasteiger partial charge in [-0.25, -0.2) is 0 Å². The quantitative estimate of drug-likeness (QED) is 0.918. The van der Waals surface area contributed by atoms with Crippen LogP contribution in [0.25, 0.3) is 0 Å². The van der Waals surface area contributed by atoms with Crippen LogP contribution in [-0.4, -0.2) is 43.6 Å². The lowest BCUT2D eigenvalue weighted by atomic mass is 10.2. The molecule has 4 rings (SSSR count). The summed E-state index contributed by atoms with van der Waals surface area (Å²) in [4.78, 5) is 26.0. The van der Waals surface area contributed by atoms with Crippen molar-refractivity contribution >= 4 is 40.0 Å². The number of carbonyl (C=O) groups excluding carboxylic acids is 2. The molecule has 8 heteroatoms. The van der Waals surface area contributed by atoms with E-state index in [0.29, 0.717) is 23.2 Å². The molecule has 0 bridgehead atoms. The molecular formula is C13H16N4O2S2.